The molecule has 1 aliphatic rings. The van der Waals surface area contributed by atoms with Gasteiger partial charge in [-0.3, -0.25) is 4.79 Å². The van der Waals surface area contributed by atoms with Crippen LogP contribution in [-0.4, -0.2) is 38.8 Å². The Balaban J connectivity index is 1.94. The maximum absolute atomic E-state index is 12.9. The standard InChI is InChI=1S/C20H24N2O3S/c1-16-11-12-18(26(24,25)22-13-7-4-8-14-22)15-19(16)20(23)21(2)17-9-5-3-6-10-17/h3,5-6,9-12,15H,4,7-8,13-14H2,1-2H3. The fourth-order valence-electron chi connectivity index (χ4n) is 3.20. The van der Waals surface area contributed by atoms with E-state index in [1.807, 2.05) is 37.3 Å². The van der Waals surface area contributed by atoms with Crippen LogP contribution in [0.5, 0.6) is 0 Å². The fourth-order valence-corrected chi connectivity index (χ4v) is 4.74. The van der Waals surface area contributed by atoms with Crippen molar-refractivity contribution in [1.29, 1.82) is 0 Å². The lowest BCUT2D eigenvalue weighted by molar-refractivity contribution is 0.0992. The summed E-state index contributed by atoms with van der Waals surface area (Å²) in [5.74, 6) is -0.218. The Labute approximate surface area is 155 Å². The number of para-hydroxylation sites is 1. The molecular formula is C20H24N2O3S. The van der Waals surface area contributed by atoms with Gasteiger partial charge in [-0.2, -0.15) is 4.31 Å². The van der Waals surface area contributed by atoms with Crippen molar-refractivity contribution in [3.05, 3.63) is 59.7 Å². The molecular weight excluding hydrogens is 348 g/mol. The van der Waals surface area contributed by atoms with Crippen LogP contribution in [0.2, 0.25) is 0 Å². The summed E-state index contributed by atoms with van der Waals surface area (Å²) in [6, 6.07) is 14.1. The minimum absolute atomic E-state index is 0.190. The molecule has 5 nitrogen and oxygen atoms in total. The van der Waals surface area contributed by atoms with Crippen LogP contribution in [0.4, 0.5) is 5.69 Å². The molecule has 6 heteroatoms. The SMILES string of the molecule is Cc1ccc(S(=O)(=O)N2CCCCC2)cc1C(=O)N(C)c1ccccc1. The lowest BCUT2D eigenvalue weighted by atomic mass is 10.1. The summed E-state index contributed by atoms with van der Waals surface area (Å²) in [5, 5.41) is 0. The zero-order valence-corrected chi connectivity index (χ0v) is 16.0. The third-order valence-corrected chi connectivity index (χ3v) is 6.74. The Bertz CT molecular complexity index is 889. The highest BCUT2D eigenvalue weighted by atomic mass is 32.2. The van der Waals surface area contributed by atoms with E-state index in [9.17, 15) is 13.2 Å². The Hall–Kier alpha value is -2.18. The van der Waals surface area contributed by atoms with Gasteiger partial charge in [-0.25, -0.2) is 8.42 Å². The van der Waals surface area contributed by atoms with Gasteiger partial charge < -0.3 is 4.90 Å². The molecule has 0 atom stereocenters. The molecule has 2 aromatic carbocycles. The molecule has 1 heterocycles. The van der Waals surface area contributed by atoms with Crippen LogP contribution in [-0.2, 0) is 10.0 Å². The van der Waals surface area contributed by atoms with E-state index >= 15 is 0 Å². The lowest BCUT2D eigenvalue weighted by Gasteiger charge is -2.26. The first-order chi connectivity index (χ1) is 12.4. The quantitative estimate of drug-likeness (QED) is 0.826. The van der Waals surface area contributed by atoms with Crippen LogP contribution in [0.3, 0.4) is 0 Å². The van der Waals surface area contributed by atoms with E-state index in [-0.39, 0.29) is 10.8 Å². The number of anilines is 1. The number of carbonyl (C=O) groups excluding carboxylic acids is 1. The van der Waals surface area contributed by atoms with Gasteiger partial charge in [0, 0.05) is 31.4 Å². The smallest absolute Gasteiger partial charge is 0.258 e. The topological polar surface area (TPSA) is 57.7 Å². The van der Waals surface area contributed by atoms with Gasteiger partial charge in [-0.1, -0.05) is 30.7 Å². The predicted molar refractivity (Wildman–Crippen MR) is 103 cm³/mol. The van der Waals surface area contributed by atoms with Crippen molar-refractivity contribution in [3.8, 4) is 0 Å². The second-order valence-electron chi connectivity index (χ2n) is 6.64. The number of hydrogen-bond acceptors (Lipinski definition) is 3. The number of hydrogen-bond donors (Lipinski definition) is 0. The summed E-state index contributed by atoms with van der Waals surface area (Å²) >= 11 is 0. The van der Waals surface area contributed by atoms with E-state index in [0.29, 0.717) is 18.7 Å². The molecule has 0 bridgehead atoms. The van der Waals surface area contributed by atoms with Gasteiger partial charge in [0.15, 0.2) is 0 Å². The molecule has 0 unspecified atom stereocenters. The van der Waals surface area contributed by atoms with E-state index in [1.54, 1.807) is 24.1 Å². The zero-order chi connectivity index (χ0) is 18.7. The van der Waals surface area contributed by atoms with Crippen molar-refractivity contribution in [3.63, 3.8) is 0 Å². The van der Waals surface area contributed by atoms with Gasteiger partial charge in [0.25, 0.3) is 5.91 Å². The molecule has 1 fully saturated rings. The largest absolute Gasteiger partial charge is 0.311 e. The van der Waals surface area contributed by atoms with Crippen molar-refractivity contribution in [2.45, 2.75) is 31.1 Å². The van der Waals surface area contributed by atoms with Crippen molar-refractivity contribution in [2.24, 2.45) is 0 Å². The number of carbonyl (C=O) groups is 1. The number of aryl methyl sites for hydroxylation is 1. The molecule has 0 aliphatic carbocycles. The Kier molecular flexibility index (Phi) is 5.44. The summed E-state index contributed by atoms with van der Waals surface area (Å²) in [7, 11) is -1.87. The normalized spacial score (nSPS) is 15.6. The molecule has 0 aromatic heterocycles. The van der Waals surface area contributed by atoms with Gasteiger partial charge in [0.1, 0.15) is 0 Å². The maximum Gasteiger partial charge on any atom is 0.258 e. The molecule has 0 N–H and O–H groups in total. The Morgan fingerprint density at radius 2 is 1.65 bits per heavy atom. The molecule has 1 aliphatic heterocycles. The highest BCUT2D eigenvalue weighted by molar-refractivity contribution is 7.89. The molecule has 0 saturated carbocycles. The monoisotopic (exact) mass is 372 g/mol. The van der Waals surface area contributed by atoms with Crippen molar-refractivity contribution < 1.29 is 13.2 Å². The lowest BCUT2D eigenvalue weighted by Crippen LogP contribution is -2.35. The van der Waals surface area contributed by atoms with Gasteiger partial charge in [-0.15, -0.1) is 0 Å². The summed E-state index contributed by atoms with van der Waals surface area (Å²) in [5.41, 5.74) is 1.94. The van der Waals surface area contributed by atoms with E-state index in [1.165, 1.54) is 10.4 Å². The van der Waals surface area contributed by atoms with Crippen LogP contribution in [0.1, 0.15) is 35.2 Å². The number of benzene rings is 2. The van der Waals surface area contributed by atoms with Crippen molar-refractivity contribution >= 4 is 21.6 Å². The van der Waals surface area contributed by atoms with Crippen LogP contribution in [0.25, 0.3) is 0 Å². The Morgan fingerprint density at radius 1 is 1.00 bits per heavy atom. The van der Waals surface area contributed by atoms with Gasteiger partial charge in [0.2, 0.25) is 10.0 Å². The highest BCUT2D eigenvalue weighted by Crippen LogP contribution is 2.24. The molecule has 1 saturated heterocycles. The zero-order valence-electron chi connectivity index (χ0n) is 15.2. The third-order valence-electron chi connectivity index (χ3n) is 4.84. The van der Waals surface area contributed by atoms with Gasteiger partial charge in [0.05, 0.1) is 4.90 Å². The van der Waals surface area contributed by atoms with E-state index in [4.69, 9.17) is 0 Å². The first-order valence-corrected chi connectivity index (χ1v) is 10.3. The highest BCUT2D eigenvalue weighted by Gasteiger charge is 2.27. The predicted octanol–water partition coefficient (Wildman–Crippen LogP) is 3.45. The second kappa shape index (κ2) is 7.60. The van der Waals surface area contributed by atoms with Crippen LogP contribution in [0.15, 0.2) is 53.4 Å². The van der Waals surface area contributed by atoms with E-state index < -0.39 is 10.0 Å². The minimum Gasteiger partial charge on any atom is -0.311 e. The van der Waals surface area contributed by atoms with Crippen LogP contribution < -0.4 is 4.90 Å². The molecule has 138 valence electrons. The number of rotatable bonds is 4. The number of piperidine rings is 1. The first kappa shape index (κ1) is 18.6. The number of amides is 1. The molecule has 3 rings (SSSR count). The summed E-state index contributed by atoms with van der Waals surface area (Å²) < 4.78 is 27.4. The van der Waals surface area contributed by atoms with Crippen molar-refractivity contribution in [1.82, 2.24) is 4.31 Å². The minimum atomic E-state index is -3.56. The van der Waals surface area contributed by atoms with Crippen LogP contribution in [0, 0.1) is 6.92 Å². The molecule has 0 radical (unpaired) electrons. The van der Waals surface area contributed by atoms with Gasteiger partial charge >= 0.3 is 0 Å². The Morgan fingerprint density at radius 3 is 2.31 bits per heavy atom. The second-order valence-corrected chi connectivity index (χ2v) is 8.58. The summed E-state index contributed by atoms with van der Waals surface area (Å²) in [6.07, 6.45) is 2.83. The average molecular weight is 372 g/mol. The maximum atomic E-state index is 12.9. The fraction of sp³-hybridized carbons (Fsp3) is 0.350. The van der Waals surface area contributed by atoms with E-state index in [0.717, 1.165) is 30.5 Å². The molecule has 26 heavy (non-hydrogen) atoms. The molecule has 0 spiro atoms. The van der Waals surface area contributed by atoms with Crippen LogP contribution >= 0.6 is 0 Å². The average Bonchev–Trinajstić information content (AvgIpc) is 2.68. The third kappa shape index (κ3) is 3.66. The summed E-state index contributed by atoms with van der Waals surface area (Å²) in [4.78, 5) is 14.7. The van der Waals surface area contributed by atoms with E-state index in [2.05, 4.69) is 0 Å². The molecule has 1 amide bonds. The molecule has 2 aromatic rings. The van der Waals surface area contributed by atoms with Crippen molar-refractivity contribution in [2.75, 3.05) is 25.0 Å². The van der Waals surface area contributed by atoms with Gasteiger partial charge in [-0.05, 0) is 49.6 Å². The first-order valence-electron chi connectivity index (χ1n) is 8.85. The summed E-state index contributed by atoms with van der Waals surface area (Å²) in [6.45, 7) is 2.91. The number of sulfonamides is 1. The number of nitrogens with zero attached hydrogens (tertiary/aromatic N) is 2.